The van der Waals surface area contributed by atoms with Gasteiger partial charge < -0.3 is 29.1 Å². The number of phenolic OH excluding ortho intramolecular Hbond substituents is 1. The summed E-state index contributed by atoms with van der Waals surface area (Å²) in [6, 6.07) is 11.4. The molecule has 0 aromatic heterocycles. The number of ether oxygens (including phenoxy) is 3. The van der Waals surface area contributed by atoms with Gasteiger partial charge in [-0.25, -0.2) is 0 Å². The standard InChI is InChI=1S/C22H24N2O6/c1-15(30-18-6-4-17(25)5-7-18)21(26)23-9-2-10-24(12-11-23)22(27)16-3-8-19-20(13-16)29-14-28-19/h3-8,13,15,25H,2,9-12,14H2,1H3. The summed E-state index contributed by atoms with van der Waals surface area (Å²) < 4.78 is 16.4. The van der Waals surface area contributed by atoms with Gasteiger partial charge in [-0.3, -0.25) is 9.59 Å². The van der Waals surface area contributed by atoms with Gasteiger partial charge in [-0.2, -0.15) is 0 Å². The first-order valence-corrected chi connectivity index (χ1v) is 9.94. The zero-order valence-electron chi connectivity index (χ0n) is 16.7. The smallest absolute Gasteiger partial charge is 0.263 e. The zero-order valence-corrected chi connectivity index (χ0v) is 16.7. The second-order valence-electron chi connectivity index (χ2n) is 7.29. The number of nitrogens with zero attached hydrogens (tertiary/aromatic N) is 2. The molecule has 0 aliphatic carbocycles. The Morgan fingerprint density at radius 2 is 1.67 bits per heavy atom. The van der Waals surface area contributed by atoms with Crippen LogP contribution in [0.5, 0.6) is 23.0 Å². The molecule has 158 valence electrons. The topological polar surface area (TPSA) is 88.5 Å². The van der Waals surface area contributed by atoms with Crippen molar-refractivity contribution in [1.82, 2.24) is 9.80 Å². The van der Waals surface area contributed by atoms with Crippen LogP contribution >= 0.6 is 0 Å². The van der Waals surface area contributed by atoms with Crippen molar-refractivity contribution in [3.05, 3.63) is 48.0 Å². The van der Waals surface area contributed by atoms with E-state index in [1.807, 2.05) is 0 Å². The number of fused-ring (bicyclic) bond motifs is 1. The van der Waals surface area contributed by atoms with Gasteiger partial charge in [0.25, 0.3) is 11.8 Å². The van der Waals surface area contributed by atoms with Gasteiger partial charge >= 0.3 is 0 Å². The van der Waals surface area contributed by atoms with Gasteiger partial charge in [-0.15, -0.1) is 0 Å². The normalized spacial score (nSPS) is 16.7. The van der Waals surface area contributed by atoms with E-state index in [2.05, 4.69) is 0 Å². The van der Waals surface area contributed by atoms with Gasteiger partial charge in [-0.05, 0) is 55.8 Å². The van der Waals surface area contributed by atoms with E-state index in [0.717, 1.165) is 0 Å². The number of rotatable bonds is 4. The third kappa shape index (κ3) is 4.27. The molecular weight excluding hydrogens is 388 g/mol. The first-order valence-electron chi connectivity index (χ1n) is 9.94. The fraction of sp³-hybridized carbons (Fsp3) is 0.364. The summed E-state index contributed by atoms with van der Waals surface area (Å²) in [6.45, 7) is 3.90. The lowest BCUT2D eigenvalue weighted by molar-refractivity contribution is -0.137. The molecule has 2 amide bonds. The van der Waals surface area contributed by atoms with Crippen LogP contribution in [0.2, 0.25) is 0 Å². The van der Waals surface area contributed by atoms with Crippen molar-refractivity contribution in [2.24, 2.45) is 0 Å². The summed E-state index contributed by atoms with van der Waals surface area (Å²) in [5.41, 5.74) is 0.544. The van der Waals surface area contributed by atoms with Crippen molar-refractivity contribution in [1.29, 1.82) is 0 Å². The molecule has 0 radical (unpaired) electrons. The Balaban J connectivity index is 1.35. The Kier molecular flexibility index (Phi) is 5.65. The molecule has 2 aromatic carbocycles. The Labute approximate surface area is 174 Å². The van der Waals surface area contributed by atoms with E-state index in [9.17, 15) is 14.7 Å². The maximum atomic E-state index is 12.9. The average Bonchev–Trinajstić information content (AvgIpc) is 3.09. The van der Waals surface area contributed by atoms with Crippen LogP contribution in [0.1, 0.15) is 23.7 Å². The fourth-order valence-corrected chi connectivity index (χ4v) is 3.59. The molecule has 30 heavy (non-hydrogen) atoms. The number of phenols is 1. The maximum Gasteiger partial charge on any atom is 0.263 e. The molecule has 1 unspecified atom stereocenters. The predicted octanol–water partition coefficient (Wildman–Crippen LogP) is 2.26. The molecule has 1 fully saturated rings. The molecule has 8 heteroatoms. The second kappa shape index (κ2) is 8.52. The van der Waals surface area contributed by atoms with Gasteiger partial charge in [0.2, 0.25) is 6.79 Å². The summed E-state index contributed by atoms with van der Waals surface area (Å²) in [5, 5.41) is 9.36. The number of aromatic hydroxyl groups is 1. The largest absolute Gasteiger partial charge is 0.508 e. The highest BCUT2D eigenvalue weighted by Gasteiger charge is 2.27. The van der Waals surface area contributed by atoms with Crippen LogP contribution in [0, 0.1) is 0 Å². The summed E-state index contributed by atoms with van der Waals surface area (Å²) in [4.78, 5) is 29.2. The number of amides is 2. The van der Waals surface area contributed by atoms with Crippen LogP contribution in [0.15, 0.2) is 42.5 Å². The molecule has 2 aliphatic rings. The highest BCUT2D eigenvalue weighted by atomic mass is 16.7. The quantitative estimate of drug-likeness (QED) is 0.829. The zero-order chi connectivity index (χ0) is 21.1. The molecule has 0 bridgehead atoms. The number of hydrogen-bond donors (Lipinski definition) is 1. The molecule has 8 nitrogen and oxygen atoms in total. The van der Waals surface area contributed by atoms with E-state index in [-0.39, 0.29) is 24.4 Å². The summed E-state index contributed by atoms with van der Waals surface area (Å²) >= 11 is 0. The van der Waals surface area contributed by atoms with Crippen molar-refractivity contribution >= 4 is 11.8 Å². The Morgan fingerprint density at radius 3 is 2.47 bits per heavy atom. The SMILES string of the molecule is CC(Oc1ccc(O)cc1)C(=O)N1CCCN(C(=O)c2ccc3c(c2)OCO3)CC1. The van der Waals surface area contributed by atoms with E-state index in [0.29, 0.717) is 55.4 Å². The molecule has 1 N–H and O–H groups in total. The van der Waals surface area contributed by atoms with Gasteiger partial charge in [0, 0.05) is 31.7 Å². The predicted molar refractivity (Wildman–Crippen MR) is 108 cm³/mol. The highest BCUT2D eigenvalue weighted by molar-refractivity contribution is 5.95. The molecule has 2 aromatic rings. The van der Waals surface area contributed by atoms with Crippen LogP contribution in [-0.2, 0) is 4.79 Å². The average molecular weight is 412 g/mol. The van der Waals surface area contributed by atoms with Crippen molar-refractivity contribution in [2.75, 3.05) is 33.0 Å². The summed E-state index contributed by atoms with van der Waals surface area (Å²) in [5.74, 6) is 1.66. The maximum absolute atomic E-state index is 12.9. The van der Waals surface area contributed by atoms with Crippen LogP contribution in [-0.4, -0.2) is 65.8 Å². The van der Waals surface area contributed by atoms with Crippen molar-refractivity contribution in [2.45, 2.75) is 19.4 Å². The molecule has 1 atom stereocenters. The lowest BCUT2D eigenvalue weighted by Gasteiger charge is -2.25. The minimum atomic E-state index is -0.661. The third-order valence-electron chi connectivity index (χ3n) is 5.21. The molecule has 2 aliphatic heterocycles. The van der Waals surface area contributed by atoms with E-state index in [1.165, 1.54) is 12.1 Å². The van der Waals surface area contributed by atoms with Crippen molar-refractivity contribution < 1.29 is 28.9 Å². The Bertz CT molecular complexity index is 930. The molecule has 0 saturated carbocycles. The molecule has 2 heterocycles. The van der Waals surface area contributed by atoms with Gasteiger partial charge in [-0.1, -0.05) is 0 Å². The number of benzene rings is 2. The van der Waals surface area contributed by atoms with E-state index < -0.39 is 6.10 Å². The minimum absolute atomic E-state index is 0.0870. The lowest BCUT2D eigenvalue weighted by atomic mass is 10.1. The Morgan fingerprint density at radius 1 is 0.967 bits per heavy atom. The van der Waals surface area contributed by atoms with Crippen LogP contribution in [0.25, 0.3) is 0 Å². The van der Waals surface area contributed by atoms with Crippen molar-refractivity contribution in [3.8, 4) is 23.0 Å². The van der Waals surface area contributed by atoms with Gasteiger partial charge in [0.15, 0.2) is 17.6 Å². The van der Waals surface area contributed by atoms with Crippen LogP contribution in [0.3, 0.4) is 0 Å². The monoisotopic (exact) mass is 412 g/mol. The van der Waals surface area contributed by atoms with E-state index in [1.54, 1.807) is 47.1 Å². The molecular formula is C22H24N2O6. The lowest BCUT2D eigenvalue weighted by Crippen LogP contribution is -2.43. The number of hydrogen-bond acceptors (Lipinski definition) is 6. The fourth-order valence-electron chi connectivity index (χ4n) is 3.59. The Hall–Kier alpha value is -3.42. The summed E-state index contributed by atoms with van der Waals surface area (Å²) in [7, 11) is 0. The number of carbonyl (C=O) groups is 2. The van der Waals surface area contributed by atoms with Gasteiger partial charge in [0.05, 0.1) is 0 Å². The van der Waals surface area contributed by atoms with Gasteiger partial charge in [0.1, 0.15) is 11.5 Å². The van der Waals surface area contributed by atoms with Crippen LogP contribution in [0.4, 0.5) is 0 Å². The first-order chi connectivity index (χ1) is 14.5. The second-order valence-corrected chi connectivity index (χ2v) is 7.29. The van der Waals surface area contributed by atoms with Crippen molar-refractivity contribution in [3.63, 3.8) is 0 Å². The third-order valence-corrected chi connectivity index (χ3v) is 5.21. The van der Waals surface area contributed by atoms with E-state index in [4.69, 9.17) is 14.2 Å². The minimum Gasteiger partial charge on any atom is -0.508 e. The van der Waals surface area contributed by atoms with E-state index >= 15 is 0 Å². The molecule has 1 saturated heterocycles. The number of carbonyl (C=O) groups excluding carboxylic acids is 2. The van der Waals surface area contributed by atoms with Crippen LogP contribution < -0.4 is 14.2 Å². The first kappa shape index (κ1) is 19.9. The summed E-state index contributed by atoms with van der Waals surface area (Å²) in [6.07, 6.45) is 0.0270. The molecule has 0 spiro atoms. The highest BCUT2D eigenvalue weighted by Crippen LogP contribution is 2.32. The molecule has 4 rings (SSSR count).